The van der Waals surface area contributed by atoms with Gasteiger partial charge in [0, 0.05) is 7.11 Å². The van der Waals surface area contributed by atoms with E-state index in [1.54, 1.807) is 24.3 Å². The van der Waals surface area contributed by atoms with Gasteiger partial charge < -0.3 is 9.47 Å². The SMILES string of the molecule is COCC(Oc1ccc(CC#N)cc1)C(=O)NN. The van der Waals surface area contributed by atoms with Crippen molar-refractivity contribution in [1.29, 1.82) is 5.26 Å². The van der Waals surface area contributed by atoms with E-state index in [4.69, 9.17) is 20.6 Å². The molecular formula is C12H15N3O3. The molecule has 1 unspecified atom stereocenters. The zero-order valence-electron chi connectivity index (χ0n) is 10.1. The van der Waals surface area contributed by atoms with Crippen LogP contribution >= 0.6 is 0 Å². The number of hydrogen-bond donors (Lipinski definition) is 2. The van der Waals surface area contributed by atoms with Gasteiger partial charge in [-0.1, -0.05) is 12.1 Å². The van der Waals surface area contributed by atoms with Gasteiger partial charge in [-0.3, -0.25) is 10.2 Å². The number of hydrogen-bond acceptors (Lipinski definition) is 5. The second kappa shape index (κ2) is 7.27. The third kappa shape index (κ3) is 4.05. The van der Waals surface area contributed by atoms with E-state index in [-0.39, 0.29) is 6.61 Å². The fraction of sp³-hybridized carbons (Fsp3) is 0.333. The number of carbonyl (C=O) groups excluding carboxylic acids is 1. The van der Waals surface area contributed by atoms with E-state index >= 15 is 0 Å². The lowest BCUT2D eigenvalue weighted by Gasteiger charge is -2.16. The van der Waals surface area contributed by atoms with Crippen molar-refractivity contribution in [3.05, 3.63) is 29.8 Å². The molecule has 18 heavy (non-hydrogen) atoms. The molecule has 6 nitrogen and oxygen atoms in total. The molecule has 0 aliphatic heterocycles. The normalized spacial score (nSPS) is 11.4. The van der Waals surface area contributed by atoms with E-state index in [1.165, 1.54) is 7.11 Å². The minimum Gasteiger partial charge on any atom is -0.478 e. The number of nitrogens with zero attached hydrogens (tertiary/aromatic N) is 1. The molecule has 0 aliphatic carbocycles. The number of ether oxygens (including phenoxy) is 2. The quantitative estimate of drug-likeness (QED) is 0.424. The molecule has 0 aromatic heterocycles. The molecule has 0 bridgehead atoms. The van der Waals surface area contributed by atoms with Crippen LogP contribution in [0.4, 0.5) is 0 Å². The Balaban J connectivity index is 2.69. The Morgan fingerprint density at radius 2 is 2.17 bits per heavy atom. The summed E-state index contributed by atoms with van der Waals surface area (Å²) in [4.78, 5) is 11.4. The predicted octanol–water partition coefficient (Wildman–Crippen LogP) is 0.136. The maximum absolute atomic E-state index is 11.4. The van der Waals surface area contributed by atoms with Crippen molar-refractivity contribution >= 4 is 5.91 Å². The van der Waals surface area contributed by atoms with E-state index in [0.29, 0.717) is 12.2 Å². The first kappa shape index (κ1) is 14.0. The van der Waals surface area contributed by atoms with Gasteiger partial charge in [0.05, 0.1) is 19.1 Å². The Kier molecular flexibility index (Phi) is 5.64. The average molecular weight is 249 g/mol. The first-order valence-electron chi connectivity index (χ1n) is 5.33. The summed E-state index contributed by atoms with van der Waals surface area (Å²) in [5, 5.41) is 8.54. The number of rotatable bonds is 6. The average Bonchev–Trinajstić information content (AvgIpc) is 2.40. The van der Waals surface area contributed by atoms with Crippen LogP contribution in [0, 0.1) is 11.3 Å². The van der Waals surface area contributed by atoms with Crippen LogP contribution < -0.4 is 16.0 Å². The highest BCUT2D eigenvalue weighted by Crippen LogP contribution is 2.14. The summed E-state index contributed by atoms with van der Waals surface area (Å²) in [7, 11) is 1.47. The second-order valence-electron chi connectivity index (χ2n) is 3.55. The molecule has 1 rings (SSSR count). The molecule has 0 saturated carbocycles. The minimum atomic E-state index is -0.804. The van der Waals surface area contributed by atoms with Gasteiger partial charge in [-0.15, -0.1) is 0 Å². The molecule has 1 amide bonds. The third-order valence-corrected chi connectivity index (χ3v) is 2.24. The van der Waals surface area contributed by atoms with Crippen LogP contribution in [0.3, 0.4) is 0 Å². The zero-order valence-corrected chi connectivity index (χ0v) is 10.1. The maximum Gasteiger partial charge on any atom is 0.277 e. The van der Waals surface area contributed by atoms with Gasteiger partial charge in [0.2, 0.25) is 6.10 Å². The summed E-state index contributed by atoms with van der Waals surface area (Å²) in [5.41, 5.74) is 2.90. The Bertz CT molecular complexity index is 425. The van der Waals surface area contributed by atoms with E-state index in [9.17, 15) is 4.79 Å². The fourth-order valence-electron chi connectivity index (χ4n) is 1.35. The molecule has 1 aromatic rings. The van der Waals surface area contributed by atoms with Gasteiger partial charge in [0.15, 0.2) is 0 Å². The molecule has 0 heterocycles. The smallest absolute Gasteiger partial charge is 0.277 e. The van der Waals surface area contributed by atoms with E-state index < -0.39 is 12.0 Å². The molecule has 0 saturated heterocycles. The molecule has 3 N–H and O–H groups in total. The number of hydrazine groups is 1. The van der Waals surface area contributed by atoms with Gasteiger partial charge in [-0.25, -0.2) is 5.84 Å². The number of methoxy groups -OCH3 is 1. The van der Waals surface area contributed by atoms with Gasteiger partial charge in [-0.2, -0.15) is 5.26 Å². The van der Waals surface area contributed by atoms with Crippen LogP contribution in [0.25, 0.3) is 0 Å². The van der Waals surface area contributed by atoms with Crippen LogP contribution in [-0.4, -0.2) is 25.7 Å². The largest absolute Gasteiger partial charge is 0.478 e. The van der Waals surface area contributed by atoms with Crippen molar-refractivity contribution < 1.29 is 14.3 Å². The topological polar surface area (TPSA) is 97.4 Å². The second-order valence-corrected chi connectivity index (χ2v) is 3.55. The lowest BCUT2D eigenvalue weighted by atomic mass is 10.2. The van der Waals surface area contributed by atoms with Crippen molar-refractivity contribution in [2.24, 2.45) is 5.84 Å². The van der Waals surface area contributed by atoms with Crippen LogP contribution in [0.5, 0.6) is 5.75 Å². The van der Waals surface area contributed by atoms with Gasteiger partial charge in [0.25, 0.3) is 5.91 Å². The van der Waals surface area contributed by atoms with Crippen LogP contribution in [0.15, 0.2) is 24.3 Å². The monoisotopic (exact) mass is 249 g/mol. The van der Waals surface area contributed by atoms with Gasteiger partial charge in [-0.05, 0) is 17.7 Å². The number of nitriles is 1. The van der Waals surface area contributed by atoms with E-state index in [2.05, 4.69) is 6.07 Å². The Morgan fingerprint density at radius 1 is 1.50 bits per heavy atom. The van der Waals surface area contributed by atoms with Crippen molar-refractivity contribution in [2.45, 2.75) is 12.5 Å². The van der Waals surface area contributed by atoms with Crippen LogP contribution in [0.1, 0.15) is 5.56 Å². The highest BCUT2D eigenvalue weighted by Gasteiger charge is 2.19. The zero-order chi connectivity index (χ0) is 13.4. The number of carbonyl (C=O) groups is 1. The molecule has 1 aromatic carbocycles. The molecular weight excluding hydrogens is 234 g/mol. The minimum absolute atomic E-state index is 0.100. The highest BCUT2D eigenvalue weighted by atomic mass is 16.5. The van der Waals surface area contributed by atoms with Crippen molar-refractivity contribution in [1.82, 2.24) is 5.43 Å². The Morgan fingerprint density at radius 3 is 2.67 bits per heavy atom. The van der Waals surface area contributed by atoms with Gasteiger partial charge in [0.1, 0.15) is 5.75 Å². The molecule has 96 valence electrons. The van der Waals surface area contributed by atoms with Gasteiger partial charge >= 0.3 is 0 Å². The van der Waals surface area contributed by atoms with E-state index in [0.717, 1.165) is 5.56 Å². The summed E-state index contributed by atoms with van der Waals surface area (Å²) >= 11 is 0. The number of benzene rings is 1. The van der Waals surface area contributed by atoms with Crippen molar-refractivity contribution in [3.8, 4) is 11.8 Å². The summed E-state index contributed by atoms with van der Waals surface area (Å²) in [6.07, 6.45) is -0.466. The summed E-state index contributed by atoms with van der Waals surface area (Å²) < 4.78 is 10.3. The number of amides is 1. The number of nitrogens with two attached hydrogens (primary N) is 1. The summed E-state index contributed by atoms with van der Waals surface area (Å²) in [6.45, 7) is 0.100. The third-order valence-electron chi connectivity index (χ3n) is 2.24. The van der Waals surface area contributed by atoms with E-state index in [1.807, 2.05) is 5.43 Å². The van der Waals surface area contributed by atoms with Crippen LogP contribution in [0.2, 0.25) is 0 Å². The Labute approximate surface area is 105 Å². The molecule has 0 radical (unpaired) electrons. The first-order chi connectivity index (χ1) is 8.71. The van der Waals surface area contributed by atoms with Crippen molar-refractivity contribution in [2.75, 3.05) is 13.7 Å². The molecule has 6 heteroatoms. The first-order valence-corrected chi connectivity index (χ1v) is 5.33. The maximum atomic E-state index is 11.4. The fourth-order valence-corrected chi connectivity index (χ4v) is 1.35. The predicted molar refractivity (Wildman–Crippen MR) is 64.4 cm³/mol. The standard InChI is InChI=1S/C12H15N3O3/c1-17-8-11(12(16)15-14)18-10-4-2-9(3-5-10)6-7-13/h2-5,11H,6,8,14H2,1H3,(H,15,16). The summed E-state index contributed by atoms with van der Waals surface area (Å²) in [5.74, 6) is 5.11. The molecule has 0 spiro atoms. The lowest BCUT2D eigenvalue weighted by Crippen LogP contribution is -2.44. The Hall–Kier alpha value is -2.10. The van der Waals surface area contributed by atoms with Crippen molar-refractivity contribution in [3.63, 3.8) is 0 Å². The summed E-state index contributed by atoms with van der Waals surface area (Å²) in [6, 6.07) is 8.97. The number of nitrogens with one attached hydrogen (secondary N) is 1. The molecule has 1 atom stereocenters. The highest BCUT2D eigenvalue weighted by molar-refractivity contribution is 5.80. The molecule has 0 fully saturated rings. The van der Waals surface area contributed by atoms with Crippen LogP contribution in [-0.2, 0) is 16.0 Å². The lowest BCUT2D eigenvalue weighted by molar-refractivity contribution is -0.130. The molecule has 0 aliphatic rings.